The zero-order chi connectivity index (χ0) is 26.9. The molecular formula is C29H27N7O2S. The first-order valence-corrected chi connectivity index (χ1v) is 12.9. The average Bonchev–Trinajstić information content (AvgIpc) is 3.68. The molecule has 0 amide bonds. The zero-order valence-corrected chi connectivity index (χ0v) is 22.5. The Bertz CT molecular complexity index is 1580. The van der Waals surface area contributed by atoms with E-state index in [2.05, 4.69) is 50.0 Å². The lowest BCUT2D eigenvalue weighted by Gasteiger charge is -2.28. The molecule has 0 bridgehead atoms. The van der Waals surface area contributed by atoms with Crippen LogP contribution in [-0.4, -0.2) is 36.8 Å². The number of aryl methyl sites for hydroxylation is 1. The summed E-state index contributed by atoms with van der Waals surface area (Å²) in [6.45, 7) is 4.17. The molecule has 0 radical (unpaired) electrons. The number of aromatic nitrogens is 5. The molecule has 1 fully saturated rings. The van der Waals surface area contributed by atoms with E-state index in [0.29, 0.717) is 5.11 Å². The van der Waals surface area contributed by atoms with E-state index < -0.39 is 0 Å². The number of benzene rings is 2. The fourth-order valence-electron chi connectivity index (χ4n) is 5.13. The van der Waals surface area contributed by atoms with Gasteiger partial charge < -0.3 is 19.7 Å². The van der Waals surface area contributed by atoms with E-state index in [-0.39, 0.29) is 12.1 Å². The van der Waals surface area contributed by atoms with Gasteiger partial charge in [-0.05, 0) is 92.8 Å². The second-order valence-corrected chi connectivity index (χ2v) is 9.63. The van der Waals surface area contributed by atoms with Gasteiger partial charge in [-0.2, -0.15) is 0 Å². The monoisotopic (exact) mass is 537 g/mol. The van der Waals surface area contributed by atoms with Crippen molar-refractivity contribution in [3.8, 4) is 17.2 Å². The van der Waals surface area contributed by atoms with Crippen molar-refractivity contribution in [2.75, 3.05) is 12.0 Å². The summed E-state index contributed by atoms with van der Waals surface area (Å²) in [6, 6.07) is 23.3. The molecule has 1 N–H and O–H groups in total. The summed E-state index contributed by atoms with van der Waals surface area (Å²) in [6.07, 6.45) is 5.19. The molecule has 0 spiro atoms. The molecule has 4 heterocycles. The highest BCUT2D eigenvalue weighted by atomic mass is 32.1. The molecule has 196 valence electrons. The number of thiocarbonyl (C=S) groups is 1. The average molecular weight is 538 g/mol. The SMILES string of the molecule is COc1ccc(Oc2ccc(N3C(=S)N[C@@H](c4ccccn4)[C@H]3c3cc(C)n(-n4cnnc4)c3C)cc2)cc1. The van der Waals surface area contributed by atoms with Gasteiger partial charge in [0.05, 0.1) is 24.9 Å². The summed E-state index contributed by atoms with van der Waals surface area (Å²) in [7, 11) is 1.64. The lowest BCUT2D eigenvalue weighted by molar-refractivity contribution is 0.413. The predicted octanol–water partition coefficient (Wildman–Crippen LogP) is 5.38. The Morgan fingerprint density at radius 1 is 0.872 bits per heavy atom. The van der Waals surface area contributed by atoms with Gasteiger partial charge in [-0.3, -0.25) is 9.66 Å². The van der Waals surface area contributed by atoms with E-state index in [1.807, 2.05) is 77.6 Å². The number of rotatable bonds is 7. The minimum Gasteiger partial charge on any atom is -0.497 e. The summed E-state index contributed by atoms with van der Waals surface area (Å²) < 4.78 is 15.3. The van der Waals surface area contributed by atoms with Crippen LogP contribution in [0.15, 0.2) is 91.6 Å². The van der Waals surface area contributed by atoms with Crippen LogP contribution in [0.25, 0.3) is 0 Å². The molecule has 1 aliphatic heterocycles. The van der Waals surface area contributed by atoms with Crippen LogP contribution in [0.3, 0.4) is 0 Å². The number of anilines is 1. The largest absolute Gasteiger partial charge is 0.497 e. The Balaban J connectivity index is 1.37. The number of methoxy groups -OCH3 is 1. The molecule has 2 atom stereocenters. The highest BCUT2D eigenvalue weighted by Gasteiger charge is 2.42. The van der Waals surface area contributed by atoms with Crippen LogP contribution in [-0.2, 0) is 0 Å². The van der Waals surface area contributed by atoms with E-state index in [0.717, 1.165) is 45.6 Å². The van der Waals surface area contributed by atoms with Crippen LogP contribution >= 0.6 is 12.2 Å². The normalized spacial score (nSPS) is 16.8. The standard InChI is InChI=1S/C29H27N7O2S/c1-19-16-25(20(2)36(19)34-17-31-32-18-34)28-27(26-6-4-5-15-30-26)33-29(39)35(28)21-7-9-23(10-8-21)38-24-13-11-22(37-3)12-14-24/h4-18,27-28H,1-3H3,(H,33,39)/t27-,28+/m0/s1. The van der Waals surface area contributed by atoms with Crippen LogP contribution < -0.4 is 19.7 Å². The van der Waals surface area contributed by atoms with Crippen LogP contribution in [0, 0.1) is 13.8 Å². The van der Waals surface area contributed by atoms with Crippen molar-refractivity contribution >= 4 is 23.0 Å². The summed E-state index contributed by atoms with van der Waals surface area (Å²) in [4.78, 5) is 6.83. The lowest BCUT2D eigenvalue weighted by atomic mass is 9.96. The number of pyridine rings is 1. The third-order valence-electron chi connectivity index (χ3n) is 6.90. The van der Waals surface area contributed by atoms with Crippen LogP contribution in [0.5, 0.6) is 17.2 Å². The second kappa shape index (κ2) is 10.2. The highest BCUT2D eigenvalue weighted by molar-refractivity contribution is 7.80. The van der Waals surface area contributed by atoms with Crippen molar-refractivity contribution in [2.45, 2.75) is 25.9 Å². The first-order valence-electron chi connectivity index (χ1n) is 12.5. The van der Waals surface area contributed by atoms with Gasteiger partial charge in [-0.15, -0.1) is 10.2 Å². The van der Waals surface area contributed by atoms with Crippen molar-refractivity contribution in [3.63, 3.8) is 0 Å². The van der Waals surface area contributed by atoms with Crippen molar-refractivity contribution in [2.24, 2.45) is 0 Å². The van der Waals surface area contributed by atoms with Gasteiger partial charge in [-0.1, -0.05) is 6.07 Å². The molecule has 5 aromatic rings. The molecule has 10 heteroatoms. The number of hydrogen-bond donors (Lipinski definition) is 1. The van der Waals surface area contributed by atoms with Gasteiger partial charge in [0, 0.05) is 28.8 Å². The first kappa shape index (κ1) is 24.6. The van der Waals surface area contributed by atoms with Gasteiger partial charge in [0.1, 0.15) is 29.9 Å². The van der Waals surface area contributed by atoms with Crippen LogP contribution in [0.2, 0.25) is 0 Å². The fourth-order valence-corrected chi connectivity index (χ4v) is 5.48. The third kappa shape index (κ3) is 4.59. The smallest absolute Gasteiger partial charge is 0.174 e. The van der Waals surface area contributed by atoms with Gasteiger partial charge in [-0.25, -0.2) is 4.68 Å². The molecule has 1 aliphatic rings. The Morgan fingerprint density at radius 2 is 1.54 bits per heavy atom. The summed E-state index contributed by atoms with van der Waals surface area (Å²) in [5, 5.41) is 12.2. The number of nitrogens with zero attached hydrogens (tertiary/aromatic N) is 6. The maximum Gasteiger partial charge on any atom is 0.174 e. The lowest BCUT2D eigenvalue weighted by Crippen LogP contribution is -2.29. The molecule has 39 heavy (non-hydrogen) atoms. The molecule has 0 unspecified atom stereocenters. The Morgan fingerprint density at radius 3 is 2.18 bits per heavy atom. The zero-order valence-electron chi connectivity index (χ0n) is 21.7. The molecular weight excluding hydrogens is 510 g/mol. The summed E-state index contributed by atoms with van der Waals surface area (Å²) in [5.74, 6) is 2.24. The van der Waals surface area contributed by atoms with Crippen LogP contribution in [0.4, 0.5) is 5.69 Å². The minimum absolute atomic E-state index is 0.141. The van der Waals surface area contributed by atoms with Crippen molar-refractivity contribution in [1.82, 2.24) is 29.9 Å². The molecule has 0 saturated carbocycles. The molecule has 1 saturated heterocycles. The quantitative estimate of drug-likeness (QED) is 0.277. The maximum atomic E-state index is 6.05. The maximum absolute atomic E-state index is 6.05. The Hall–Kier alpha value is -4.70. The number of nitrogens with one attached hydrogen (secondary N) is 1. The molecule has 2 aromatic carbocycles. The fraction of sp³-hybridized carbons (Fsp3) is 0.172. The van der Waals surface area contributed by atoms with E-state index in [9.17, 15) is 0 Å². The van der Waals surface area contributed by atoms with E-state index in [1.165, 1.54) is 0 Å². The van der Waals surface area contributed by atoms with Gasteiger partial charge in [0.25, 0.3) is 0 Å². The van der Waals surface area contributed by atoms with Crippen molar-refractivity contribution in [3.05, 3.63) is 114 Å². The topological polar surface area (TPSA) is 82.3 Å². The van der Waals surface area contributed by atoms with E-state index >= 15 is 0 Å². The second-order valence-electron chi connectivity index (χ2n) is 9.25. The highest BCUT2D eigenvalue weighted by Crippen LogP contribution is 2.43. The minimum atomic E-state index is -0.149. The Labute approximate surface area is 231 Å². The van der Waals surface area contributed by atoms with Crippen LogP contribution in [0.1, 0.15) is 34.7 Å². The van der Waals surface area contributed by atoms with Gasteiger partial charge in [0.2, 0.25) is 0 Å². The molecule has 9 nitrogen and oxygen atoms in total. The third-order valence-corrected chi connectivity index (χ3v) is 7.21. The molecule has 6 rings (SSSR count). The number of hydrogen-bond acceptors (Lipinski definition) is 6. The molecule has 3 aromatic heterocycles. The predicted molar refractivity (Wildman–Crippen MR) is 152 cm³/mol. The van der Waals surface area contributed by atoms with Gasteiger partial charge >= 0.3 is 0 Å². The summed E-state index contributed by atoms with van der Waals surface area (Å²) in [5.41, 5.74) is 5.12. The van der Waals surface area contributed by atoms with Crippen molar-refractivity contribution in [1.29, 1.82) is 0 Å². The van der Waals surface area contributed by atoms with Crippen molar-refractivity contribution < 1.29 is 9.47 Å². The summed E-state index contributed by atoms with van der Waals surface area (Å²) >= 11 is 5.91. The van der Waals surface area contributed by atoms with E-state index in [1.54, 1.807) is 19.8 Å². The van der Waals surface area contributed by atoms with Gasteiger partial charge in [0.15, 0.2) is 5.11 Å². The number of ether oxygens (including phenoxy) is 2. The molecule has 0 aliphatic carbocycles. The van der Waals surface area contributed by atoms with E-state index in [4.69, 9.17) is 21.7 Å². The Kier molecular flexibility index (Phi) is 6.45. The first-order chi connectivity index (χ1) is 19.0.